The van der Waals surface area contributed by atoms with Crippen molar-refractivity contribution in [2.75, 3.05) is 26.0 Å². The lowest BCUT2D eigenvalue weighted by molar-refractivity contribution is 0.0827. The molecule has 0 saturated heterocycles. The minimum absolute atomic E-state index is 0.103. The maximum Gasteiger partial charge on any atom is 0.254 e. The second-order valence-electron chi connectivity index (χ2n) is 7.30. The summed E-state index contributed by atoms with van der Waals surface area (Å²) in [4.78, 5) is 18.8. The number of hydrogen-bond acceptors (Lipinski definition) is 4. The van der Waals surface area contributed by atoms with Crippen molar-refractivity contribution in [3.63, 3.8) is 0 Å². The molecule has 28 heavy (non-hydrogen) atoms. The van der Waals surface area contributed by atoms with E-state index in [1.165, 1.54) is 11.0 Å². The molecule has 1 amide bonds. The van der Waals surface area contributed by atoms with Crippen LogP contribution >= 0.6 is 0 Å². The summed E-state index contributed by atoms with van der Waals surface area (Å²) in [6.07, 6.45) is 2.42. The Labute approximate surface area is 162 Å². The van der Waals surface area contributed by atoms with Gasteiger partial charge in [0, 0.05) is 32.4 Å². The molecule has 0 aliphatic carbocycles. The number of hydrogen-bond donors (Lipinski definition) is 1. The molecule has 0 fully saturated rings. The fraction of sp³-hybridized carbons (Fsp3) is 0.333. The van der Waals surface area contributed by atoms with E-state index in [0.29, 0.717) is 35.6 Å². The maximum absolute atomic E-state index is 14.5. The lowest BCUT2D eigenvalue weighted by Crippen LogP contribution is -2.24. The van der Waals surface area contributed by atoms with Crippen LogP contribution in [-0.2, 0) is 0 Å². The maximum atomic E-state index is 14.5. The zero-order chi connectivity index (χ0) is 20.0. The van der Waals surface area contributed by atoms with E-state index < -0.39 is 0 Å². The van der Waals surface area contributed by atoms with Gasteiger partial charge in [0.15, 0.2) is 5.65 Å². The van der Waals surface area contributed by atoms with Gasteiger partial charge in [-0.3, -0.25) is 4.79 Å². The summed E-state index contributed by atoms with van der Waals surface area (Å²) in [5.74, 6) is 0.146. The number of ether oxygens (including phenoxy) is 1. The average molecular weight is 382 g/mol. The Morgan fingerprint density at radius 1 is 1.36 bits per heavy atom. The highest BCUT2D eigenvalue weighted by atomic mass is 19.1. The Hall–Kier alpha value is -3.09. The fourth-order valence-corrected chi connectivity index (χ4v) is 3.60. The molecule has 3 heterocycles. The van der Waals surface area contributed by atoms with E-state index in [0.717, 1.165) is 17.0 Å². The fourth-order valence-electron chi connectivity index (χ4n) is 3.60. The minimum Gasteiger partial charge on any atom is -0.493 e. The third-order valence-electron chi connectivity index (χ3n) is 5.20. The van der Waals surface area contributed by atoms with E-state index in [2.05, 4.69) is 10.3 Å². The molecule has 2 aromatic heterocycles. The number of nitrogens with zero attached hydrogens (tertiary/aromatic N) is 3. The number of carbonyl (C=O) groups excluding carboxylic acids is 1. The standard InChI is InChI=1S/C21H23FN4O2/c1-12-13(2)26-11-14(21(27)25(3)4)10-17(20(26)23-12)24-16-8-9-28-18-7-5-6-15(22)19(16)18/h5-7,10-11,16,24H,8-9H2,1-4H3. The van der Waals surface area contributed by atoms with Gasteiger partial charge in [-0.15, -0.1) is 0 Å². The van der Waals surface area contributed by atoms with Gasteiger partial charge in [0.1, 0.15) is 11.6 Å². The summed E-state index contributed by atoms with van der Waals surface area (Å²) in [5.41, 5.74) is 4.32. The normalized spacial score (nSPS) is 15.8. The van der Waals surface area contributed by atoms with Crippen LogP contribution < -0.4 is 10.1 Å². The average Bonchev–Trinajstić information content (AvgIpc) is 2.96. The van der Waals surface area contributed by atoms with E-state index in [-0.39, 0.29) is 17.8 Å². The number of aryl methyl sites for hydroxylation is 2. The Balaban J connectivity index is 1.83. The van der Waals surface area contributed by atoms with Gasteiger partial charge < -0.3 is 19.4 Å². The van der Waals surface area contributed by atoms with Crippen LogP contribution in [0.1, 0.15) is 39.8 Å². The molecule has 1 atom stereocenters. The molecule has 3 aromatic rings. The van der Waals surface area contributed by atoms with Crippen LogP contribution in [0.25, 0.3) is 5.65 Å². The minimum atomic E-state index is -0.304. The highest BCUT2D eigenvalue weighted by molar-refractivity contribution is 5.95. The van der Waals surface area contributed by atoms with Crippen LogP contribution in [-0.4, -0.2) is 40.9 Å². The van der Waals surface area contributed by atoms with Crippen molar-refractivity contribution in [3.05, 3.63) is 58.8 Å². The molecule has 1 aliphatic heterocycles. The van der Waals surface area contributed by atoms with Crippen molar-refractivity contribution >= 4 is 17.2 Å². The van der Waals surface area contributed by atoms with Crippen LogP contribution in [0.5, 0.6) is 5.75 Å². The van der Waals surface area contributed by atoms with Gasteiger partial charge in [-0.2, -0.15) is 0 Å². The molecule has 1 unspecified atom stereocenters. The highest BCUT2D eigenvalue weighted by Crippen LogP contribution is 2.37. The predicted octanol–water partition coefficient (Wildman–Crippen LogP) is 3.73. The topological polar surface area (TPSA) is 58.9 Å². The van der Waals surface area contributed by atoms with Crippen LogP contribution in [0.15, 0.2) is 30.5 Å². The van der Waals surface area contributed by atoms with Gasteiger partial charge >= 0.3 is 0 Å². The lowest BCUT2D eigenvalue weighted by Gasteiger charge is -2.28. The van der Waals surface area contributed by atoms with Gasteiger partial charge in [-0.25, -0.2) is 9.37 Å². The zero-order valence-corrected chi connectivity index (χ0v) is 16.4. The van der Waals surface area contributed by atoms with E-state index in [1.807, 2.05) is 18.2 Å². The number of pyridine rings is 1. The first kappa shape index (κ1) is 18.3. The van der Waals surface area contributed by atoms with Crippen molar-refractivity contribution in [3.8, 4) is 5.75 Å². The summed E-state index contributed by atoms with van der Waals surface area (Å²) in [6.45, 7) is 4.39. The Morgan fingerprint density at radius 2 is 2.14 bits per heavy atom. The van der Waals surface area contributed by atoms with E-state index >= 15 is 0 Å². The number of aromatic nitrogens is 2. The molecular formula is C21H23FN4O2. The van der Waals surface area contributed by atoms with Crippen LogP contribution in [0.3, 0.4) is 0 Å². The first-order chi connectivity index (χ1) is 13.4. The van der Waals surface area contributed by atoms with E-state index in [9.17, 15) is 9.18 Å². The molecule has 1 N–H and O–H groups in total. The third-order valence-corrected chi connectivity index (χ3v) is 5.20. The SMILES string of the molecule is Cc1nc2c(NC3CCOc4cccc(F)c43)cc(C(=O)N(C)C)cn2c1C. The second kappa shape index (κ2) is 6.82. The largest absolute Gasteiger partial charge is 0.493 e. The summed E-state index contributed by atoms with van der Waals surface area (Å²) in [7, 11) is 3.44. The van der Waals surface area contributed by atoms with Gasteiger partial charge in [0.05, 0.1) is 35.2 Å². The second-order valence-corrected chi connectivity index (χ2v) is 7.30. The number of imidazole rings is 1. The highest BCUT2D eigenvalue weighted by Gasteiger charge is 2.26. The van der Waals surface area contributed by atoms with Crippen LogP contribution in [0.2, 0.25) is 0 Å². The lowest BCUT2D eigenvalue weighted by atomic mass is 9.99. The van der Waals surface area contributed by atoms with Gasteiger partial charge in [-0.05, 0) is 32.0 Å². The summed E-state index contributed by atoms with van der Waals surface area (Å²) >= 11 is 0. The summed E-state index contributed by atoms with van der Waals surface area (Å²) in [5, 5.41) is 3.42. The number of rotatable bonds is 3. The van der Waals surface area contributed by atoms with Crippen molar-refractivity contribution in [2.24, 2.45) is 0 Å². The molecule has 1 aromatic carbocycles. The predicted molar refractivity (Wildman–Crippen MR) is 106 cm³/mol. The van der Waals surface area contributed by atoms with Gasteiger partial charge in [-0.1, -0.05) is 6.07 Å². The van der Waals surface area contributed by atoms with Crippen LogP contribution in [0.4, 0.5) is 10.1 Å². The van der Waals surface area contributed by atoms with Gasteiger partial charge in [0.25, 0.3) is 5.91 Å². The van der Waals surface area contributed by atoms with Crippen LogP contribution in [0, 0.1) is 19.7 Å². The molecule has 0 saturated carbocycles. The smallest absolute Gasteiger partial charge is 0.254 e. The van der Waals surface area contributed by atoms with E-state index in [4.69, 9.17) is 4.74 Å². The molecular weight excluding hydrogens is 359 g/mol. The number of amides is 1. The first-order valence-corrected chi connectivity index (χ1v) is 9.25. The molecule has 0 spiro atoms. The number of carbonyl (C=O) groups is 1. The zero-order valence-electron chi connectivity index (χ0n) is 16.4. The number of nitrogens with one attached hydrogen (secondary N) is 1. The molecule has 0 radical (unpaired) electrons. The van der Waals surface area contributed by atoms with Crippen molar-refractivity contribution in [1.82, 2.24) is 14.3 Å². The number of halogens is 1. The Kier molecular flexibility index (Phi) is 4.45. The summed E-state index contributed by atoms with van der Waals surface area (Å²) in [6, 6.07) is 6.38. The van der Waals surface area contributed by atoms with Crippen molar-refractivity contribution in [2.45, 2.75) is 26.3 Å². The molecule has 6 nitrogen and oxygen atoms in total. The third kappa shape index (κ3) is 2.96. The molecule has 4 rings (SSSR count). The molecule has 1 aliphatic rings. The van der Waals surface area contributed by atoms with Crippen molar-refractivity contribution in [1.29, 1.82) is 0 Å². The van der Waals surface area contributed by atoms with Crippen molar-refractivity contribution < 1.29 is 13.9 Å². The Bertz CT molecular complexity index is 1070. The number of fused-ring (bicyclic) bond motifs is 2. The summed E-state index contributed by atoms with van der Waals surface area (Å²) < 4.78 is 22.0. The monoisotopic (exact) mass is 382 g/mol. The Morgan fingerprint density at radius 3 is 2.89 bits per heavy atom. The van der Waals surface area contributed by atoms with Gasteiger partial charge in [0.2, 0.25) is 0 Å². The quantitative estimate of drug-likeness (QED) is 0.750. The molecule has 7 heteroatoms. The molecule has 0 bridgehead atoms. The number of benzene rings is 1. The first-order valence-electron chi connectivity index (χ1n) is 9.25. The van der Waals surface area contributed by atoms with E-state index in [1.54, 1.807) is 38.5 Å². The number of anilines is 1. The molecule has 146 valence electrons.